The summed E-state index contributed by atoms with van der Waals surface area (Å²) in [6.45, 7) is 12.5. The number of carboxylic acid groups (broad SMARTS) is 1. The van der Waals surface area contributed by atoms with E-state index in [9.17, 15) is 14.4 Å². The molecule has 1 atom stereocenters. The second kappa shape index (κ2) is 16.5. The lowest BCUT2D eigenvalue weighted by Gasteiger charge is -2.21. The first-order chi connectivity index (χ1) is 13.5. The van der Waals surface area contributed by atoms with Gasteiger partial charge in [-0.15, -0.1) is 0 Å². The Kier molecular flexibility index (Phi) is 16.4. The van der Waals surface area contributed by atoms with Gasteiger partial charge >= 0.3 is 11.9 Å². The maximum Gasteiger partial charge on any atom is 0.325 e. The predicted octanol–water partition coefficient (Wildman–Crippen LogP) is 3.17. The zero-order valence-corrected chi connectivity index (χ0v) is 18.9. The Morgan fingerprint density at radius 1 is 1.10 bits per heavy atom. The van der Waals surface area contributed by atoms with E-state index in [4.69, 9.17) is 5.11 Å². The lowest BCUT2D eigenvalue weighted by Crippen LogP contribution is -2.47. The number of hydrogen-bond donors (Lipinski definition) is 3. The Balaban J connectivity index is 0. The summed E-state index contributed by atoms with van der Waals surface area (Å²) in [6.07, 6.45) is 0.463. The summed E-state index contributed by atoms with van der Waals surface area (Å²) >= 11 is 0. The molecule has 0 fully saturated rings. The van der Waals surface area contributed by atoms with Crippen molar-refractivity contribution in [1.29, 1.82) is 0 Å². The molecule has 3 N–H and O–H groups in total. The van der Waals surface area contributed by atoms with Crippen LogP contribution in [0.15, 0.2) is 30.3 Å². The number of nitrogens with one attached hydrogen (secondary N) is 2. The van der Waals surface area contributed by atoms with Crippen LogP contribution < -0.4 is 10.6 Å². The smallest absolute Gasteiger partial charge is 0.325 e. The van der Waals surface area contributed by atoms with Crippen LogP contribution in [0.3, 0.4) is 0 Å². The molecule has 0 aliphatic carbocycles. The van der Waals surface area contributed by atoms with Gasteiger partial charge in [0.15, 0.2) is 0 Å². The molecule has 0 spiro atoms. The molecule has 0 aliphatic rings. The summed E-state index contributed by atoms with van der Waals surface area (Å²) in [5, 5.41) is 14.1. The summed E-state index contributed by atoms with van der Waals surface area (Å²) in [6, 6.07) is 9.40. The van der Waals surface area contributed by atoms with Gasteiger partial charge in [0, 0.05) is 0 Å². The van der Waals surface area contributed by atoms with Crippen LogP contribution in [0.4, 0.5) is 0 Å². The van der Waals surface area contributed by atoms with Crippen molar-refractivity contribution in [1.82, 2.24) is 10.6 Å². The third-order valence-electron chi connectivity index (χ3n) is 3.54. The summed E-state index contributed by atoms with van der Waals surface area (Å²) in [5.41, 5.74) is 1.41. The van der Waals surface area contributed by atoms with Crippen LogP contribution in [-0.2, 0) is 19.1 Å². The molecular formula is C22H38N2O5. The van der Waals surface area contributed by atoms with E-state index in [-0.39, 0.29) is 18.4 Å². The minimum absolute atomic E-state index is 0.0866. The van der Waals surface area contributed by atoms with Crippen molar-refractivity contribution in [2.75, 3.05) is 20.2 Å². The van der Waals surface area contributed by atoms with Gasteiger partial charge in [-0.3, -0.25) is 14.4 Å². The van der Waals surface area contributed by atoms with E-state index in [0.717, 1.165) is 6.42 Å². The molecule has 1 aromatic rings. The molecule has 0 heterocycles. The van der Waals surface area contributed by atoms with Crippen molar-refractivity contribution in [2.24, 2.45) is 5.41 Å². The van der Waals surface area contributed by atoms with E-state index in [1.807, 2.05) is 32.0 Å². The zero-order valence-electron chi connectivity index (χ0n) is 18.9. The number of aliphatic carboxylic acids is 1. The molecule has 1 rings (SSSR count). The number of rotatable bonds is 8. The molecule has 1 aromatic carbocycles. The average Bonchev–Trinajstić information content (AvgIpc) is 2.66. The topological polar surface area (TPSA) is 105 Å². The number of carbonyl (C=O) groups is 3. The van der Waals surface area contributed by atoms with Crippen LogP contribution in [0.5, 0.6) is 0 Å². The van der Waals surface area contributed by atoms with E-state index < -0.39 is 23.9 Å². The molecule has 29 heavy (non-hydrogen) atoms. The van der Waals surface area contributed by atoms with Crippen LogP contribution in [0.1, 0.15) is 53.0 Å². The normalized spacial score (nSPS) is 11.0. The molecule has 0 saturated carbocycles. The second-order valence-corrected chi connectivity index (χ2v) is 7.36. The van der Waals surface area contributed by atoms with Gasteiger partial charge in [0.1, 0.15) is 6.54 Å². The van der Waals surface area contributed by atoms with Gasteiger partial charge < -0.3 is 20.5 Å². The van der Waals surface area contributed by atoms with Gasteiger partial charge in [-0.1, -0.05) is 70.5 Å². The number of amides is 1. The standard InChI is InChI=1S/C13H24N2O5.C7H8.C2H6/c1-13(2,3)5-6-14-9(7-10(16)17)12(19)15-8-11(18)20-4;1-7-5-3-2-4-6-7;1-2/h9,14H,5-8H2,1-4H3,(H,15,19)(H,16,17);2-6H,1H3;1-2H3. The highest BCUT2D eigenvalue weighted by Crippen LogP contribution is 2.17. The monoisotopic (exact) mass is 410 g/mol. The van der Waals surface area contributed by atoms with Crippen molar-refractivity contribution < 1.29 is 24.2 Å². The van der Waals surface area contributed by atoms with Crippen molar-refractivity contribution in [3.05, 3.63) is 35.9 Å². The molecule has 7 nitrogen and oxygen atoms in total. The number of hydrogen-bond acceptors (Lipinski definition) is 5. The van der Waals surface area contributed by atoms with Gasteiger partial charge in [0.25, 0.3) is 0 Å². The van der Waals surface area contributed by atoms with E-state index in [0.29, 0.717) is 6.54 Å². The minimum atomic E-state index is -1.08. The quantitative estimate of drug-likeness (QED) is 0.569. The number of methoxy groups -OCH3 is 1. The molecule has 166 valence electrons. The molecule has 1 amide bonds. The Bertz CT molecular complexity index is 583. The molecule has 0 radical (unpaired) electrons. The Morgan fingerprint density at radius 3 is 2.03 bits per heavy atom. The van der Waals surface area contributed by atoms with Crippen molar-refractivity contribution in [3.63, 3.8) is 0 Å². The number of benzene rings is 1. The summed E-state index contributed by atoms with van der Waals surface area (Å²) in [5.74, 6) is -2.18. The molecule has 0 aromatic heterocycles. The second-order valence-electron chi connectivity index (χ2n) is 7.36. The first-order valence-electron chi connectivity index (χ1n) is 9.86. The van der Waals surface area contributed by atoms with E-state index in [2.05, 4.69) is 55.2 Å². The highest BCUT2D eigenvalue weighted by Gasteiger charge is 2.22. The molecule has 0 bridgehead atoms. The number of aryl methyl sites for hydroxylation is 1. The van der Waals surface area contributed by atoms with E-state index in [1.54, 1.807) is 0 Å². The lowest BCUT2D eigenvalue weighted by atomic mass is 9.92. The Hall–Kier alpha value is -2.41. The van der Waals surface area contributed by atoms with Gasteiger partial charge in [-0.25, -0.2) is 0 Å². The maximum atomic E-state index is 11.8. The van der Waals surface area contributed by atoms with Gasteiger partial charge in [0.2, 0.25) is 5.91 Å². The zero-order chi connectivity index (χ0) is 22.9. The predicted molar refractivity (Wildman–Crippen MR) is 116 cm³/mol. The largest absolute Gasteiger partial charge is 0.481 e. The van der Waals surface area contributed by atoms with E-state index >= 15 is 0 Å². The van der Waals surface area contributed by atoms with Crippen LogP contribution in [-0.4, -0.2) is 49.2 Å². The van der Waals surface area contributed by atoms with Crippen LogP contribution in [0.2, 0.25) is 0 Å². The summed E-state index contributed by atoms with van der Waals surface area (Å²) in [4.78, 5) is 33.5. The molecule has 7 heteroatoms. The fourth-order valence-corrected chi connectivity index (χ4v) is 1.94. The lowest BCUT2D eigenvalue weighted by molar-refractivity contribution is -0.142. The first kappa shape index (κ1) is 28.8. The molecular weight excluding hydrogens is 372 g/mol. The third-order valence-corrected chi connectivity index (χ3v) is 3.54. The number of carbonyl (C=O) groups excluding carboxylic acids is 2. The molecule has 0 aliphatic heterocycles. The van der Waals surface area contributed by atoms with Gasteiger partial charge in [-0.2, -0.15) is 0 Å². The molecule has 0 saturated heterocycles. The van der Waals surface area contributed by atoms with Crippen LogP contribution in [0.25, 0.3) is 0 Å². The Labute approximate surface area is 175 Å². The summed E-state index contributed by atoms with van der Waals surface area (Å²) in [7, 11) is 1.21. The first-order valence-corrected chi connectivity index (χ1v) is 9.86. The maximum absolute atomic E-state index is 11.8. The Morgan fingerprint density at radius 2 is 1.66 bits per heavy atom. The number of carboxylic acids is 1. The molecule has 1 unspecified atom stereocenters. The number of ether oxygens (including phenoxy) is 1. The minimum Gasteiger partial charge on any atom is -0.481 e. The van der Waals surface area contributed by atoms with Gasteiger partial charge in [0.05, 0.1) is 19.6 Å². The SMILES string of the molecule is CC.COC(=O)CNC(=O)C(CC(=O)O)NCCC(C)(C)C.Cc1ccccc1. The van der Waals surface area contributed by atoms with Crippen molar-refractivity contribution >= 4 is 17.8 Å². The number of esters is 1. The highest BCUT2D eigenvalue weighted by molar-refractivity contribution is 5.88. The summed E-state index contributed by atoms with van der Waals surface area (Å²) < 4.78 is 4.40. The average molecular weight is 411 g/mol. The van der Waals surface area contributed by atoms with Crippen LogP contribution in [0, 0.1) is 12.3 Å². The van der Waals surface area contributed by atoms with E-state index in [1.165, 1.54) is 12.7 Å². The van der Waals surface area contributed by atoms with Gasteiger partial charge in [-0.05, 0) is 25.3 Å². The van der Waals surface area contributed by atoms with Crippen molar-refractivity contribution in [2.45, 2.75) is 60.4 Å². The van der Waals surface area contributed by atoms with Crippen LogP contribution >= 0.6 is 0 Å². The fraction of sp³-hybridized carbons (Fsp3) is 0.591. The fourth-order valence-electron chi connectivity index (χ4n) is 1.94. The highest BCUT2D eigenvalue weighted by atomic mass is 16.5. The van der Waals surface area contributed by atoms with Crippen molar-refractivity contribution in [3.8, 4) is 0 Å². The third kappa shape index (κ3) is 18.7.